The third-order valence-corrected chi connectivity index (χ3v) is 7.29. The van der Waals surface area contributed by atoms with Gasteiger partial charge < -0.3 is 15.3 Å². The fraction of sp³-hybridized carbons (Fsp3) is 0.276. The molecule has 0 unspecified atom stereocenters. The molecule has 1 aliphatic heterocycles. The van der Waals surface area contributed by atoms with Crippen molar-refractivity contribution >= 4 is 41.0 Å². The van der Waals surface area contributed by atoms with Crippen LogP contribution in [0.1, 0.15) is 35.4 Å². The molecule has 0 spiro atoms. The Labute approximate surface area is 231 Å². The number of likely N-dealkylation sites (tertiary alicyclic amines) is 1. The number of amides is 2. The molecule has 3 aromatic rings. The first kappa shape index (κ1) is 27.6. The molecule has 1 fully saturated rings. The van der Waals surface area contributed by atoms with Crippen LogP contribution < -0.4 is 10.6 Å². The zero-order chi connectivity index (χ0) is 27.1. The maximum Gasteiger partial charge on any atom is 0.317 e. The van der Waals surface area contributed by atoms with Crippen molar-refractivity contribution in [1.29, 1.82) is 0 Å². The average Bonchev–Trinajstić information content (AvgIpc) is 3.42. The van der Waals surface area contributed by atoms with E-state index < -0.39 is 30.5 Å². The van der Waals surface area contributed by atoms with Crippen LogP contribution in [0.4, 0.5) is 0 Å². The molecule has 7 nitrogen and oxygen atoms in total. The molecule has 0 radical (unpaired) electrons. The molecule has 1 heterocycles. The van der Waals surface area contributed by atoms with Crippen molar-refractivity contribution in [2.24, 2.45) is 0 Å². The first-order valence-electron chi connectivity index (χ1n) is 12.4. The van der Waals surface area contributed by atoms with E-state index in [2.05, 4.69) is 10.6 Å². The summed E-state index contributed by atoms with van der Waals surface area (Å²) >= 11 is 12.3. The molecule has 3 N–H and O–H groups in total. The molecule has 1 aliphatic rings. The van der Waals surface area contributed by atoms with Crippen molar-refractivity contribution in [3.05, 3.63) is 106 Å². The van der Waals surface area contributed by atoms with Gasteiger partial charge in [-0.1, -0.05) is 83.9 Å². The topological polar surface area (TPSA) is 98.7 Å². The minimum atomic E-state index is -1.07. The zero-order valence-electron chi connectivity index (χ0n) is 20.6. The van der Waals surface area contributed by atoms with E-state index in [1.54, 1.807) is 23.1 Å². The zero-order valence-corrected chi connectivity index (χ0v) is 22.2. The SMILES string of the molecule is O=C(O)CN[C@@H](C(=O)N1CCC[C@H]1C(=O)NCc1cc(Cl)ccc1Cl)C(c1ccccc1)c1ccccc1. The number of hydrogen-bond donors (Lipinski definition) is 3. The van der Waals surface area contributed by atoms with E-state index in [4.69, 9.17) is 23.2 Å². The molecular formula is C29H29Cl2N3O4. The van der Waals surface area contributed by atoms with Crippen LogP contribution in [-0.2, 0) is 20.9 Å². The van der Waals surface area contributed by atoms with E-state index in [1.165, 1.54) is 0 Å². The Morgan fingerprint density at radius 2 is 1.58 bits per heavy atom. The summed E-state index contributed by atoms with van der Waals surface area (Å²) in [6.45, 7) is 0.176. The highest BCUT2D eigenvalue weighted by atomic mass is 35.5. The number of rotatable bonds is 10. The van der Waals surface area contributed by atoms with Crippen molar-refractivity contribution in [2.75, 3.05) is 13.1 Å². The number of nitrogens with one attached hydrogen (secondary N) is 2. The molecule has 0 aliphatic carbocycles. The molecule has 0 aromatic heterocycles. The number of carboxylic acid groups (broad SMARTS) is 1. The summed E-state index contributed by atoms with van der Waals surface area (Å²) < 4.78 is 0. The van der Waals surface area contributed by atoms with Gasteiger partial charge in [0.05, 0.1) is 12.6 Å². The van der Waals surface area contributed by atoms with Gasteiger partial charge in [0, 0.05) is 29.1 Å². The monoisotopic (exact) mass is 553 g/mol. The van der Waals surface area contributed by atoms with E-state index in [1.807, 2.05) is 60.7 Å². The van der Waals surface area contributed by atoms with Gasteiger partial charge in [-0.3, -0.25) is 19.7 Å². The van der Waals surface area contributed by atoms with Crippen LogP contribution in [-0.4, -0.2) is 53.0 Å². The van der Waals surface area contributed by atoms with E-state index in [-0.39, 0.29) is 18.4 Å². The predicted octanol–water partition coefficient (Wildman–Crippen LogP) is 4.48. The number of carbonyl (C=O) groups excluding carboxylic acids is 2. The van der Waals surface area contributed by atoms with E-state index in [0.29, 0.717) is 35.0 Å². The van der Waals surface area contributed by atoms with Gasteiger partial charge in [0.2, 0.25) is 11.8 Å². The van der Waals surface area contributed by atoms with Gasteiger partial charge in [-0.25, -0.2) is 0 Å². The third-order valence-electron chi connectivity index (χ3n) is 6.69. The van der Waals surface area contributed by atoms with Crippen molar-refractivity contribution < 1.29 is 19.5 Å². The third kappa shape index (κ3) is 6.72. The minimum Gasteiger partial charge on any atom is -0.480 e. The molecular weight excluding hydrogens is 525 g/mol. The van der Waals surface area contributed by atoms with E-state index in [0.717, 1.165) is 11.1 Å². The fourth-order valence-corrected chi connectivity index (χ4v) is 5.28. The van der Waals surface area contributed by atoms with Crippen LogP contribution in [0.25, 0.3) is 0 Å². The van der Waals surface area contributed by atoms with Crippen LogP contribution in [0.5, 0.6) is 0 Å². The van der Waals surface area contributed by atoms with Crippen molar-refractivity contribution in [2.45, 2.75) is 37.4 Å². The van der Waals surface area contributed by atoms with Crippen LogP contribution in [0.2, 0.25) is 10.0 Å². The lowest BCUT2D eigenvalue weighted by Crippen LogP contribution is -2.55. The largest absolute Gasteiger partial charge is 0.480 e. The predicted molar refractivity (Wildman–Crippen MR) is 147 cm³/mol. The quantitative estimate of drug-likeness (QED) is 0.344. The highest BCUT2D eigenvalue weighted by molar-refractivity contribution is 6.33. The number of hydrogen-bond acceptors (Lipinski definition) is 4. The van der Waals surface area contributed by atoms with Crippen molar-refractivity contribution in [3.8, 4) is 0 Å². The lowest BCUT2D eigenvalue weighted by molar-refractivity contribution is -0.141. The highest BCUT2D eigenvalue weighted by Gasteiger charge is 2.40. The van der Waals surface area contributed by atoms with Crippen molar-refractivity contribution in [1.82, 2.24) is 15.5 Å². The Hall–Kier alpha value is -3.39. The summed E-state index contributed by atoms with van der Waals surface area (Å²) in [6.07, 6.45) is 1.17. The first-order valence-corrected chi connectivity index (χ1v) is 13.2. The Balaban J connectivity index is 1.60. The highest BCUT2D eigenvalue weighted by Crippen LogP contribution is 2.31. The summed E-state index contributed by atoms with van der Waals surface area (Å²) in [5.74, 6) is -2.14. The average molecular weight is 554 g/mol. The van der Waals surface area contributed by atoms with Crippen LogP contribution in [0, 0.1) is 0 Å². The number of halogens is 2. The van der Waals surface area contributed by atoms with Crippen molar-refractivity contribution in [3.63, 3.8) is 0 Å². The summed E-state index contributed by atoms with van der Waals surface area (Å²) in [4.78, 5) is 40.4. The second kappa shape index (κ2) is 12.9. The number of carbonyl (C=O) groups is 3. The molecule has 3 aromatic carbocycles. The van der Waals surface area contributed by atoms with Gasteiger partial charge in [0.25, 0.3) is 0 Å². The standard InChI is InChI=1S/C29H29Cl2N3O4/c30-22-13-14-23(31)21(16-22)17-33-28(37)24-12-7-15-34(24)29(38)27(32-18-25(35)36)26(19-8-3-1-4-9-19)20-10-5-2-6-11-20/h1-6,8-11,13-14,16,24,26-27,32H,7,12,15,17-18H2,(H,33,37)(H,35,36)/t24-,27+/m0/s1. The number of carboxylic acids is 1. The molecule has 2 amide bonds. The molecule has 198 valence electrons. The molecule has 2 atom stereocenters. The summed E-state index contributed by atoms with van der Waals surface area (Å²) in [5, 5.41) is 16.3. The Bertz CT molecular complexity index is 1230. The Morgan fingerprint density at radius 3 is 2.18 bits per heavy atom. The first-order chi connectivity index (χ1) is 18.3. The smallest absolute Gasteiger partial charge is 0.317 e. The fourth-order valence-electron chi connectivity index (χ4n) is 4.90. The van der Waals surface area contributed by atoms with Gasteiger partial charge >= 0.3 is 5.97 Å². The second-order valence-electron chi connectivity index (χ2n) is 9.19. The van der Waals surface area contributed by atoms with Crippen LogP contribution in [0.15, 0.2) is 78.9 Å². The minimum absolute atomic E-state index is 0.175. The molecule has 38 heavy (non-hydrogen) atoms. The second-order valence-corrected chi connectivity index (χ2v) is 10.0. The van der Waals surface area contributed by atoms with Gasteiger partial charge in [-0.05, 0) is 47.7 Å². The van der Waals surface area contributed by atoms with E-state index in [9.17, 15) is 19.5 Å². The van der Waals surface area contributed by atoms with Gasteiger partial charge in [0.15, 0.2) is 0 Å². The summed E-state index contributed by atoms with van der Waals surface area (Å²) in [5.41, 5.74) is 2.41. The molecule has 9 heteroatoms. The van der Waals surface area contributed by atoms with Gasteiger partial charge in [0.1, 0.15) is 6.04 Å². The molecule has 4 rings (SSSR count). The summed E-state index contributed by atoms with van der Waals surface area (Å²) in [6, 6.07) is 22.5. The Morgan fingerprint density at radius 1 is 0.947 bits per heavy atom. The maximum atomic E-state index is 14.1. The van der Waals surface area contributed by atoms with Crippen LogP contribution in [0.3, 0.4) is 0 Å². The molecule has 0 saturated carbocycles. The molecule has 1 saturated heterocycles. The number of benzene rings is 3. The van der Waals surface area contributed by atoms with Gasteiger partial charge in [-0.2, -0.15) is 0 Å². The lowest BCUT2D eigenvalue weighted by atomic mass is 9.84. The normalized spacial score (nSPS) is 15.9. The molecule has 0 bridgehead atoms. The lowest BCUT2D eigenvalue weighted by Gasteiger charge is -2.33. The Kier molecular flexibility index (Phi) is 9.39. The van der Waals surface area contributed by atoms with E-state index >= 15 is 0 Å². The summed E-state index contributed by atoms with van der Waals surface area (Å²) in [7, 11) is 0. The van der Waals surface area contributed by atoms with Crippen LogP contribution >= 0.6 is 23.2 Å². The number of nitrogens with zero attached hydrogens (tertiary/aromatic N) is 1. The van der Waals surface area contributed by atoms with Gasteiger partial charge in [-0.15, -0.1) is 0 Å². The maximum absolute atomic E-state index is 14.1. The number of aliphatic carboxylic acids is 1.